The lowest BCUT2D eigenvalue weighted by molar-refractivity contribution is -0.385. The highest BCUT2D eigenvalue weighted by Gasteiger charge is 2.14. The van der Waals surface area contributed by atoms with E-state index in [4.69, 9.17) is 4.74 Å². The van der Waals surface area contributed by atoms with E-state index in [1.54, 1.807) is 12.1 Å². The van der Waals surface area contributed by atoms with Crippen LogP contribution in [0.25, 0.3) is 0 Å². The number of nitrogens with zero attached hydrogens (tertiary/aromatic N) is 3. The van der Waals surface area contributed by atoms with Crippen LogP contribution in [0.5, 0.6) is 5.75 Å². The number of non-ortho nitro benzene ring substituents is 1. The van der Waals surface area contributed by atoms with Crippen molar-refractivity contribution in [3.63, 3.8) is 0 Å². The number of hydrazone groups is 1. The number of nitro groups is 2. The highest BCUT2D eigenvalue weighted by atomic mass is 16.6. The van der Waals surface area contributed by atoms with E-state index in [0.717, 1.165) is 0 Å². The number of nitro benzene ring substituents is 2. The lowest BCUT2D eigenvalue weighted by atomic mass is 10.2. The molecule has 1 N–H and O–H groups in total. The monoisotopic (exact) mass is 344 g/mol. The Kier molecular flexibility index (Phi) is 5.72. The van der Waals surface area contributed by atoms with Gasteiger partial charge in [0.15, 0.2) is 12.4 Å². The second kappa shape index (κ2) is 8.15. The first kappa shape index (κ1) is 17.5. The van der Waals surface area contributed by atoms with Gasteiger partial charge in [0, 0.05) is 23.8 Å². The Morgan fingerprint density at radius 3 is 2.60 bits per heavy atom. The Morgan fingerprint density at radius 1 is 1.12 bits per heavy atom. The van der Waals surface area contributed by atoms with Crippen LogP contribution in [0.2, 0.25) is 0 Å². The zero-order valence-electron chi connectivity index (χ0n) is 12.7. The number of ether oxygens (including phenoxy) is 1. The predicted molar refractivity (Wildman–Crippen MR) is 87.4 cm³/mol. The van der Waals surface area contributed by atoms with Gasteiger partial charge in [-0.3, -0.25) is 25.0 Å². The molecule has 0 aliphatic carbocycles. The SMILES string of the molecule is O=C(COc1ccccc1[N+](=O)[O-])N/N=C/c1cccc([N+](=O)[O-])c1. The molecule has 0 spiro atoms. The summed E-state index contributed by atoms with van der Waals surface area (Å²) < 4.78 is 5.10. The number of nitrogens with one attached hydrogen (secondary N) is 1. The Morgan fingerprint density at radius 2 is 1.88 bits per heavy atom. The van der Waals surface area contributed by atoms with Gasteiger partial charge in [-0.2, -0.15) is 5.10 Å². The maximum atomic E-state index is 11.6. The second-order valence-electron chi connectivity index (χ2n) is 4.66. The van der Waals surface area contributed by atoms with Crippen LogP contribution in [0.3, 0.4) is 0 Å². The van der Waals surface area contributed by atoms with Crippen molar-refractivity contribution in [3.05, 3.63) is 74.3 Å². The van der Waals surface area contributed by atoms with Crippen LogP contribution in [0, 0.1) is 20.2 Å². The molecule has 0 aliphatic heterocycles. The van der Waals surface area contributed by atoms with Crippen molar-refractivity contribution < 1.29 is 19.4 Å². The van der Waals surface area contributed by atoms with Crippen LogP contribution in [-0.4, -0.2) is 28.6 Å². The third-order valence-electron chi connectivity index (χ3n) is 2.90. The van der Waals surface area contributed by atoms with Crippen molar-refractivity contribution in [1.82, 2.24) is 5.43 Å². The number of benzene rings is 2. The molecule has 0 heterocycles. The molecule has 0 aliphatic rings. The molecule has 0 radical (unpaired) electrons. The lowest BCUT2D eigenvalue weighted by Crippen LogP contribution is -2.24. The second-order valence-corrected chi connectivity index (χ2v) is 4.66. The van der Waals surface area contributed by atoms with Crippen LogP contribution in [0.15, 0.2) is 53.6 Å². The van der Waals surface area contributed by atoms with Gasteiger partial charge < -0.3 is 4.74 Å². The Labute approximate surface area is 141 Å². The van der Waals surface area contributed by atoms with Gasteiger partial charge in [0.25, 0.3) is 11.6 Å². The van der Waals surface area contributed by atoms with Crippen molar-refractivity contribution in [2.45, 2.75) is 0 Å². The molecule has 10 nitrogen and oxygen atoms in total. The summed E-state index contributed by atoms with van der Waals surface area (Å²) >= 11 is 0. The lowest BCUT2D eigenvalue weighted by Gasteiger charge is -2.05. The Bertz CT molecular complexity index is 836. The zero-order valence-corrected chi connectivity index (χ0v) is 12.7. The van der Waals surface area contributed by atoms with Crippen LogP contribution in [0.4, 0.5) is 11.4 Å². The van der Waals surface area contributed by atoms with E-state index in [-0.39, 0.29) is 17.1 Å². The summed E-state index contributed by atoms with van der Waals surface area (Å²) in [6, 6.07) is 11.3. The minimum absolute atomic E-state index is 0.0367. The molecule has 0 fully saturated rings. The summed E-state index contributed by atoms with van der Waals surface area (Å²) in [6.07, 6.45) is 1.23. The molecule has 0 saturated heterocycles. The van der Waals surface area contributed by atoms with E-state index >= 15 is 0 Å². The zero-order chi connectivity index (χ0) is 18.2. The van der Waals surface area contributed by atoms with Crippen molar-refractivity contribution >= 4 is 23.5 Å². The van der Waals surface area contributed by atoms with Gasteiger partial charge >= 0.3 is 5.69 Å². The minimum atomic E-state index is -0.639. The molecule has 128 valence electrons. The third kappa shape index (κ3) is 5.10. The Balaban J connectivity index is 1.90. The Hall–Kier alpha value is -3.82. The summed E-state index contributed by atoms with van der Waals surface area (Å²) in [7, 11) is 0. The van der Waals surface area contributed by atoms with Gasteiger partial charge in [-0.15, -0.1) is 0 Å². The molecule has 0 bridgehead atoms. The maximum absolute atomic E-state index is 11.6. The van der Waals surface area contributed by atoms with Gasteiger partial charge in [-0.25, -0.2) is 5.43 Å². The molecule has 0 atom stereocenters. The summed E-state index contributed by atoms with van der Waals surface area (Å²) in [5.74, 6) is -0.676. The minimum Gasteiger partial charge on any atom is -0.477 e. The topological polar surface area (TPSA) is 137 Å². The van der Waals surface area contributed by atoms with Gasteiger partial charge in [0.1, 0.15) is 0 Å². The summed E-state index contributed by atoms with van der Waals surface area (Å²) in [5, 5.41) is 25.1. The molecule has 0 unspecified atom stereocenters. The normalized spacial score (nSPS) is 10.4. The molecule has 2 aromatic carbocycles. The van der Waals surface area contributed by atoms with E-state index in [9.17, 15) is 25.0 Å². The number of hydrogen-bond acceptors (Lipinski definition) is 7. The molecule has 0 saturated carbocycles. The number of hydrogen-bond donors (Lipinski definition) is 1. The van der Waals surface area contributed by atoms with E-state index in [0.29, 0.717) is 5.56 Å². The van der Waals surface area contributed by atoms with Crippen LogP contribution in [0.1, 0.15) is 5.56 Å². The average Bonchev–Trinajstić information content (AvgIpc) is 2.60. The molecular formula is C15H12N4O6. The van der Waals surface area contributed by atoms with E-state index in [1.165, 1.54) is 42.6 Å². The van der Waals surface area contributed by atoms with Crippen molar-refractivity contribution in [2.24, 2.45) is 5.10 Å². The predicted octanol–water partition coefficient (Wildman–Crippen LogP) is 2.03. The van der Waals surface area contributed by atoms with E-state index < -0.39 is 22.4 Å². The molecule has 10 heteroatoms. The highest BCUT2D eigenvalue weighted by Crippen LogP contribution is 2.25. The molecule has 25 heavy (non-hydrogen) atoms. The first-order chi connectivity index (χ1) is 12.0. The summed E-state index contributed by atoms with van der Waals surface area (Å²) in [5.41, 5.74) is 2.23. The maximum Gasteiger partial charge on any atom is 0.310 e. The number of carbonyl (C=O) groups excluding carboxylic acids is 1. The highest BCUT2D eigenvalue weighted by molar-refractivity contribution is 5.83. The fourth-order valence-electron chi connectivity index (χ4n) is 1.80. The van der Waals surface area contributed by atoms with Gasteiger partial charge in [-0.05, 0) is 6.07 Å². The number of amides is 1. The fourth-order valence-corrected chi connectivity index (χ4v) is 1.80. The molecule has 2 rings (SSSR count). The third-order valence-corrected chi connectivity index (χ3v) is 2.90. The van der Waals surface area contributed by atoms with Crippen molar-refractivity contribution in [3.8, 4) is 5.75 Å². The first-order valence-electron chi connectivity index (χ1n) is 6.90. The van der Waals surface area contributed by atoms with E-state index in [2.05, 4.69) is 10.5 Å². The fraction of sp³-hybridized carbons (Fsp3) is 0.0667. The molecule has 2 aromatic rings. The van der Waals surface area contributed by atoms with Crippen LogP contribution in [-0.2, 0) is 4.79 Å². The average molecular weight is 344 g/mol. The number of para-hydroxylation sites is 2. The van der Waals surface area contributed by atoms with Crippen molar-refractivity contribution in [1.29, 1.82) is 0 Å². The molecular weight excluding hydrogens is 332 g/mol. The summed E-state index contributed by atoms with van der Waals surface area (Å²) in [4.78, 5) is 32.0. The first-order valence-corrected chi connectivity index (χ1v) is 6.90. The van der Waals surface area contributed by atoms with Crippen molar-refractivity contribution in [2.75, 3.05) is 6.61 Å². The number of rotatable bonds is 7. The summed E-state index contributed by atoms with van der Waals surface area (Å²) in [6.45, 7) is -0.475. The molecule has 0 aromatic heterocycles. The molecule has 1 amide bonds. The number of carbonyl (C=O) groups is 1. The quantitative estimate of drug-likeness (QED) is 0.463. The van der Waals surface area contributed by atoms with Crippen LogP contribution >= 0.6 is 0 Å². The smallest absolute Gasteiger partial charge is 0.310 e. The van der Waals surface area contributed by atoms with Gasteiger partial charge in [0.05, 0.1) is 16.1 Å². The van der Waals surface area contributed by atoms with Gasteiger partial charge in [-0.1, -0.05) is 24.3 Å². The standard InChI is InChI=1S/C15H12N4O6/c20-15(10-25-14-7-2-1-6-13(14)19(23)24)17-16-9-11-4-3-5-12(8-11)18(21)22/h1-9H,10H2,(H,17,20)/b16-9+. The largest absolute Gasteiger partial charge is 0.477 e. The van der Waals surface area contributed by atoms with E-state index in [1.807, 2.05) is 0 Å². The van der Waals surface area contributed by atoms with Crippen LogP contribution < -0.4 is 10.2 Å². The van der Waals surface area contributed by atoms with Gasteiger partial charge in [0.2, 0.25) is 0 Å².